The van der Waals surface area contributed by atoms with Gasteiger partial charge in [-0.05, 0) is 24.1 Å². The molecule has 3 heterocycles. The van der Waals surface area contributed by atoms with Crippen molar-refractivity contribution in [3.05, 3.63) is 48.5 Å². The number of likely N-dealkylation sites (tertiary alicyclic amines) is 1. The highest BCUT2D eigenvalue weighted by Crippen LogP contribution is 2.20. The third-order valence-electron chi connectivity index (χ3n) is 4.65. The molecule has 1 aliphatic heterocycles. The molecule has 0 aliphatic carbocycles. The summed E-state index contributed by atoms with van der Waals surface area (Å²) >= 11 is 0. The maximum atomic E-state index is 12.6. The maximum absolute atomic E-state index is 12.6. The molecule has 1 saturated heterocycles. The lowest BCUT2D eigenvalue weighted by Crippen LogP contribution is -2.37. The van der Waals surface area contributed by atoms with Gasteiger partial charge >= 0.3 is 0 Å². The fraction of sp³-hybridized carbons (Fsp3) is 0.316. The SMILES string of the molecule is CCCN1C[C@H](NC(=O)c2cccc(-c3cnc4nncn4c3)c2)CC1=O. The maximum Gasteiger partial charge on any atom is 0.254 e. The first-order valence-corrected chi connectivity index (χ1v) is 8.98. The van der Waals surface area contributed by atoms with Crippen LogP contribution in [0.4, 0.5) is 0 Å². The van der Waals surface area contributed by atoms with E-state index >= 15 is 0 Å². The zero-order chi connectivity index (χ0) is 18.8. The number of nitrogens with one attached hydrogen (secondary N) is 1. The first-order valence-electron chi connectivity index (χ1n) is 8.98. The van der Waals surface area contributed by atoms with E-state index in [4.69, 9.17) is 0 Å². The second-order valence-corrected chi connectivity index (χ2v) is 6.68. The largest absolute Gasteiger partial charge is 0.347 e. The molecule has 3 aromatic rings. The second-order valence-electron chi connectivity index (χ2n) is 6.68. The topological polar surface area (TPSA) is 92.5 Å². The van der Waals surface area contributed by atoms with Gasteiger partial charge in [0.15, 0.2) is 0 Å². The van der Waals surface area contributed by atoms with Crippen molar-refractivity contribution in [2.75, 3.05) is 13.1 Å². The summed E-state index contributed by atoms with van der Waals surface area (Å²) in [5.41, 5.74) is 2.29. The molecule has 138 valence electrons. The Kier molecular flexibility index (Phi) is 4.53. The van der Waals surface area contributed by atoms with Crippen LogP contribution in [0.25, 0.3) is 16.9 Å². The first kappa shape index (κ1) is 17.1. The van der Waals surface area contributed by atoms with Crippen LogP contribution >= 0.6 is 0 Å². The molecule has 1 aliphatic rings. The van der Waals surface area contributed by atoms with Gasteiger partial charge in [0.05, 0.1) is 6.04 Å². The lowest BCUT2D eigenvalue weighted by atomic mass is 10.1. The number of amides is 2. The van der Waals surface area contributed by atoms with Crippen molar-refractivity contribution in [3.8, 4) is 11.1 Å². The Hall–Kier alpha value is -3.29. The Labute approximate surface area is 156 Å². The summed E-state index contributed by atoms with van der Waals surface area (Å²) in [7, 11) is 0. The number of carbonyl (C=O) groups excluding carboxylic acids is 2. The molecule has 0 saturated carbocycles. The molecule has 1 aromatic carbocycles. The van der Waals surface area contributed by atoms with E-state index in [1.165, 1.54) is 0 Å². The van der Waals surface area contributed by atoms with Crippen molar-refractivity contribution in [2.45, 2.75) is 25.8 Å². The molecule has 8 heteroatoms. The Morgan fingerprint density at radius 1 is 1.33 bits per heavy atom. The van der Waals surface area contributed by atoms with E-state index in [1.807, 2.05) is 31.3 Å². The van der Waals surface area contributed by atoms with Crippen LogP contribution in [0.3, 0.4) is 0 Å². The van der Waals surface area contributed by atoms with Crippen molar-refractivity contribution in [2.24, 2.45) is 0 Å². The van der Waals surface area contributed by atoms with E-state index in [0.29, 0.717) is 24.3 Å². The highest BCUT2D eigenvalue weighted by Gasteiger charge is 2.30. The number of carbonyl (C=O) groups is 2. The molecular weight excluding hydrogens is 344 g/mol. The molecule has 1 fully saturated rings. The summed E-state index contributed by atoms with van der Waals surface area (Å²) in [6, 6.07) is 7.21. The molecule has 0 unspecified atom stereocenters. The normalized spacial score (nSPS) is 16.9. The molecular formula is C19H20N6O2. The summed E-state index contributed by atoms with van der Waals surface area (Å²) in [4.78, 5) is 30.7. The average Bonchev–Trinajstić information content (AvgIpc) is 3.28. The van der Waals surface area contributed by atoms with Crippen molar-refractivity contribution >= 4 is 17.6 Å². The Bertz CT molecular complexity index is 999. The van der Waals surface area contributed by atoms with Crippen molar-refractivity contribution in [1.82, 2.24) is 29.8 Å². The molecule has 0 radical (unpaired) electrons. The average molecular weight is 364 g/mol. The standard InChI is InChI=1S/C19H20N6O2/c1-2-6-24-11-16(8-17(24)26)22-18(27)14-5-3-4-13(7-14)15-9-20-19-23-21-12-25(19)10-15/h3-5,7,9-10,12,16H,2,6,8,11H2,1H3,(H,22,27)/t16-/m1/s1. The van der Waals surface area contributed by atoms with E-state index in [9.17, 15) is 9.59 Å². The Morgan fingerprint density at radius 2 is 2.22 bits per heavy atom. The van der Waals surface area contributed by atoms with Gasteiger partial charge in [0, 0.05) is 43.0 Å². The lowest BCUT2D eigenvalue weighted by Gasteiger charge is -2.16. The summed E-state index contributed by atoms with van der Waals surface area (Å²) in [6.45, 7) is 3.35. The minimum absolute atomic E-state index is 0.101. The molecule has 0 spiro atoms. The number of nitrogens with zero attached hydrogens (tertiary/aromatic N) is 5. The van der Waals surface area contributed by atoms with E-state index in [-0.39, 0.29) is 17.9 Å². The molecule has 2 amide bonds. The monoisotopic (exact) mass is 364 g/mol. The molecule has 27 heavy (non-hydrogen) atoms. The molecule has 4 rings (SSSR count). The van der Waals surface area contributed by atoms with Gasteiger partial charge in [-0.1, -0.05) is 19.1 Å². The quantitative estimate of drug-likeness (QED) is 0.741. The van der Waals surface area contributed by atoms with E-state index in [0.717, 1.165) is 24.1 Å². The third kappa shape index (κ3) is 3.51. The zero-order valence-electron chi connectivity index (χ0n) is 15.0. The number of fused-ring (bicyclic) bond motifs is 1. The van der Waals surface area contributed by atoms with Gasteiger partial charge in [-0.25, -0.2) is 4.98 Å². The first-order chi connectivity index (χ1) is 13.1. The molecule has 2 aromatic heterocycles. The Morgan fingerprint density at radius 3 is 3.07 bits per heavy atom. The molecule has 0 bridgehead atoms. The van der Waals surface area contributed by atoms with E-state index in [2.05, 4.69) is 20.5 Å². The lowest BCUT2D eigenvalue weighted by molar-refractivity contribution is -0.127. The van der Waals surface area contributed by atoms with E-state index < -0.39 is 0 Å². The van der Waals surface area contributed by atoms with Crippen LogP contribution in [0.2, 0.25) is 0 Å². The van der Waals surface area contributed by atoms with Crippen molar-refractivity contribution < 1.29 is 9.59 Å². The fourth-order valence-electron chi connectivity index (χ4n) is 3.34. The number of hydrogen-bond acceptors (Lipinski definition) is 5. The summed E-state index contributed by atoms with van der Waals surface area (Å²) in [5.74, 6) is 0.450. The minimum atomic E-state index is -0.175. The van der Waals surface area contributed by atoms with Crippen molar-refractivity contribution in [1.29, 1.82) is 0 Å². The van der Waals surface area contributed by atoms with Gasteiger partial charge in [-0.15, -0.1) is 10.2 Å². The molecule has 1 N–H and O–H groups in total. The van der Waals surface area contributed by atoms with E-state index in [1.54, 1.807) is 27.9 Å². The summed E-state index contributed by atoms with van der Waals surface area (Å²) in [6.07, 6.45) is 6.44. The predicted molar refractivity (Wildman–Crippen MR) is 99.0 cm³/mol. The van der Waals surface area contributed by atoms with Gasteiger partial charge < -0.3 is 10.2 Å². The van der Waals surface area contributed by atoms with Crippen LogP contribution in [0.15, 0.2) is 43.0 Å². The smallest absolute Gasteiger partial charge is 0.254 e. The zero-order valence-corrected chi connectivity index (χ0v) is 15.0. The van der Waals surface area contributed by atoms with Crippen molar-refractivity contribution in [3.63, 3.8) is 0 Å². The number of rotatable bonds is 5. The van der Waals surface area contributed by atoms with Gasteiger partial charge in [-0.2, -0.15) is 0 Å². The van der Waals surface area contributed by atoms with Crippen LogP contribution in [0, 0.1) is 0 Å². The number of benzene rings is 1. The summed E-state index contributed by atoms with van der Waals surface area (Å²) < 4.78 is 1.73. The fourth-order valence-corrected chi connectivity index (χ4v) is 3.34. The molecule has 1 atom stereocenters. The third-order valence-corrected chi connectivity index (χ3v) is 4.65. The van der Waals surface area contributed by atoms with Crippen LogP contribution in [0.1, 0.15) is 30.1 Å². The van der Waals surface area contributed by atoms with Gasteiger partial charge in [0.1, 0.15) is 6.33 Å². The Balaban J connectivity index is 1.50. The molecule has 8 nitrogen and oxygen atoms in total. The number of hydrogen-bond donors (Lipinski definition) is 1. The number of aromatic nitrogens is 4. The second kappa shape index (κ2) is 7.14. The minimum Gasteiger partial charge on any atom is -0.347 e. The van der Waals surface area contributed by atoms with Gasteiger partial charge in [-0.3, -0.25) is 14.0 Å². The predicted octanol–water partition coefficient (Wildman–Crippen LogP) is 1.53. The van der Waals surface area contributed by atoms with Crippen LogP contribution in [0.5, 0.6) is 0 Å². The highest BCUT2D eigenvalue weighted by molar-refractivity contribution is 5.96. The van der Waals surface area contributed by atoms with Crippen LogP contribution in [-0.2, 0) is 4.79 Å². The van der Waals surface area contributed by atoms with Gasteiger partial charge in [0.25, 0.3) is 11.7 Å². The van der Waals surface area contributed by atoms with Crippen LogP contribution in [-0.4, -0.2) is 55.4 Å². The summed E-state index contributed by atoms with van der Waals surface area (Å²) in [5, 5.41) is 10.7. The highest BCUT2D eigenvalue weighted by atomic mass is 16.2. The van der Waals surface area contributed by atoms with Gasteiger partial charge in [0.2, 0.25) is 5.91 Å². The van der Waals surface area contributed by atoms with Crippen LogP contribution < -0.4 is 5.32 Å².